The van der Waals surface area contributed by atoms with E-state index in [1.807, 2.05) is 29.9 Å². The highest BCUT2D eigenvalue weighted by atomic mass is 35.5. The summed E-state index contributed by atoms with van der Waals surface area (Å²) >= 11 is 11.9. The van der Waals surface area contributed by atoms with E-state index < -0.39 is 0 Å². The standard InChI is InChI=1S/C21H22ClFN4S/c1-25(13-17-18(22)8-5-9-19(17)23)14-27-21(28)26(20(24-27)16-10-11-16)12-15-6-3-2-4-7-15/h2-9,16H,10-14H2,1H3/p+1. The molecule has 1 fully saturated rings. The van der Waals surface area contributed by atoms with Crippen molar-refractivity contribution in [2.45, 2.75) is 38.5 Å². The van der Waals surface area contributed by atoms with Crippen LogP contribution in [0, 0.1) is 10.6 Å². The summed E-state index contributed by atoms with van der Waals surface area (Å²) in [4.78, 5) is 1.06. The largest absolute Gasteiger partial charge is 0.315 e. The van der Waals surface area contributed by atoms with Gasteiger partial charge in [-0.25, -0.2) is 4.39 Å². The Morgan fingerprint density at radius 1 is 1.18 bits per heavy atom. The maximum atomic E-state index is 14.1. The van der Waals surface area contributed by atoms with Crippen LogP contribution in [-0.4, -0.2) is 21.4 Å². The van der Waals surface area contributed by atoms with Gasteiger partial charge in [0.15, 0.2) is 6.67 Å². The normalized spacial score (nSPS) is 15.0. The average molecular weight is 418 g/mol. The molecule has 1 N–H and O–H groups in total. The van der Waals surface area contributed by atoms with Gasteiger partial charge in [-0.1, -0.05) is 48.0 Å². The van der Waals surface area contributed by atoms with Crippen LogP contribution >= 0.6 is 23.8 Å². The zero-order valence-corrected chi connectivity index (χ0v) is 17.3. The van der Waals surface area contributed by atoms with E-state index in [2.05, 4.69) is 16.7 Å². The molecule has 28 heavy (non-hydrogen) atoms. The molecule has 1 aromatic heterocycles. The molecule has 7 heteroatoms. The quantitative estimate of drug-likeness (QED) is 0.592. The van der Waals surface area contributed by atoms with E-state index in [1.54, 1.807) is 12.1 Å². The highest BCUT2D eigenvalue weighted by molar-refractivity contribution is 7.71. The fraction of sp³-hybridized carbons (Fsp3) is 0.333. The van der Waals surface area contributed by atoms with Gasteiger partial charge in [0.05, 0.1) is 24.2 Å². The highest BCUT2D eigenvalue weighted by Crippen LogP contribution is 2.39. The van der Waals surface area contributed by atoms with Crippen LogP contribution in [0.3, 0.4) is 0 Å². The molecule has 3 aromatic rings. The predicted molar refractivity (Wildman–Crippen MR) is 111 cm³/mol. The molecule has 1 aliphatic rings. The first-order valence-corrected chi connectivity index (χ1v) is 10.3. The summed E-state index contributed by atoms with van der Waals surface area (Å²) in [7, 11) is 2.00. The molecule has 0 amide bonds. The molecule has 0 saturated heterocycles. The zero-order chi connectivity index (χ0) is 19.7. The van der Waals surface area contributed by atoms with Gasteiger partial charge < -0.3 is 4.90 Å². The molecule has 0 radical (unpaired) electrons. The fourth-order valence-electron chi connectivity index (χ4n) is 3.43. The maximum absolute atomic E-state index is 14.1. The second-order valence-corrected chi connectivity index (χ2v) is 8.25. The number of hydrogen-bond acceptors (Lipinski definition) is 2. The smallest absolute Gasteiger partial charge is 0.203 e. The lowest BCUT2D eigenvalue weighted by Crippen LogP contribution is -3.07. The Morgan fingerprint density at radius 2 is 1.93 bits per heavy atom. The lowest BCUT2D eigenvalue weighted by atomic mass is 10.2. The van der Waals surface area contributed by atoms with Crippen molar-refractivity contribution in [1.29, 1.82) is 0 Å². The summed E-state index contributed by atoms with van der Waals surface area (Å²) in [5, 5.41) is 5.28. The third-order valence-electron chi connectivity index (χ3n) is 5.04. The Hall–Kier alpha value is -2.02. The fourth-order valence-corrected chi connectivity index (χ4v) is 3.93. The molecule has 1 unspecified atom stereocenters. The van der Waals surface area contributed by atoms with Gasteiger partial charge in [-0.15, -0.1) is 0 Å². The molecular weight excluding hydrogens is 395 g/mol. The molecule has 2 aromatic carbocycles. The van der Waals surface area contributed by atoms with Gasteiger partial charge in [0.2, 0.25) is 4.77 Å². The van der Waals surface area contributed by atoms with Crippen LogP contribution in [0.5, 0.6) is 0 Å². The van der Waals surface area contributed by atoms with E-state index in [4.69, 9.17) is 28.9 Å². The van der Waals surface area contributed by atoms with Crippen LogP contribution in [0.15, 0.2) is 48.5 Å². The predicted octanol–water partition coefficient (Wildman–Crippen LogP) is 3.80. The van der Waals surface area contributed by atoms with Crippen molar-refractivity contribution in [3.63, 3.8) is 0 Å². The lowest BCUT2D eigenvalue weighted by Gasteiger charge is -2.15. The van der Waals surface area contributed by atoms with E-state index in [0.29, 0.717) is 34.5 Å². The summed E-state index contributed by atoms with van der Waals surface area (Å²) in [5.74, 6) is 1.28. The van der Waals surface area contributed by atoms with E-state index in [0.717, 1.165) is 30.1 Å². The number of benzene rings is 2. The van der Waals surface area contributed by atoms with Crippen LogP contribution < -0.4 is 4.90 Å². The van der Waals surface area contributed by atoms with Crippen molar-refractivity contribution in [1.82, 2.24) is 14.3 Å². The third kappa shape index (κ3) is 4.19. The van der Waals surface area contributed by atoms with E-state index >= 15 is 0 Å². The van der Waals surface area contributed by atoms with Gasteiger partial charge in [-0.05, 0) is 42.8 Å². The van der Waals surface area contributed by atoms with Crippen molar-refractivity contribution < 1.29 is 9.29 Å². The van der Waals surface area contributed by atoms with E-state index in [9.17, 15) is 4.39 Å². The number of rotatable bonds is 7. The number of nitrogens with zero attached hydrogens (tertiary/aromatic N) is 3. The van der Waals surface area contributed by atoms with Crippen molar-refractivity contribution >= 4 is 23.8 Å². The van der Waals surface area contributed by atoms with Crippen LogP contribution in [0.2, 0.25) is 5.02 Å². The minimum absolute atomic E-state index is 0.274. The SMILES string of the molecule is C[NH+](Cc1c(F)cccc1Cl)Cn1nc(C2CC2)n(Cc2ccccc2)c1=S. The molecule has 0 spiro atoms. The number of halogens is 2. The Bertz CT molecular complexity index is 1010. The molecular formula is C21H23ClFN4S+. The highest BCUT2D eigenvalue weighted by Gasteiger charge is 2.30. The van der Waals surface area contributed by atoms with Gasteiger partial charge >= 0.3 is 0 Å². The summed E-state index contributed by atoms with van der Waals surface area (Å²) in [6, 6.07) is 15.1. The molecule has 1 heterocycles. The molecule has 0 aliphatic heterocycles. The Morgan fingerprint density at radius 3 is 2.61 bits per heavy atom. The van der Waals surface area contributed by atoms with Crippen molar-refractivity contribution in [2.75, 3.05) is 7.05 Å². The second kappa shape index (κ2) is 8.15. The average Bonchev–Trinajstić information content (AvgIpc) is 3.48. The summed E-state index contributed by atoms with van der Waals surface area (Å²) in [5.41, 5.74) is 1.73. The van der Waals surface area contributed by atoms with E-state index in [1.165, 1.54) is 11.6 Å². The zero-order valence-electron chi connectivity index (χ0n) is 15.7. The number of quaternary nitrogens is 1. The molecule has 146 valence electrons. The number of hydrogen-bond donors (Lipinski definition) is 1. The topological polar surface area (TPSA) is 27.2 Å². The number of nitrogens with one attached hydrogen (secondary N) is 1. The molecule has 4 nitrogen and oxygen atoms in total. The van der Waals surface area contributed by atoms with Gasteiger partial charge in [0.1, 0.15) is 18.2 Å². The molecule has 1 atom stereocenters. The van der Waals surface area contributed by atoms with Gasteiger partial charge in [0.25, 0.3) is 0 Å². The van der Waals surface area contributed by atoms with Crippen LogP contribution in [0.25, 0.3) is 0 Å². The summed E-state index contributed by atoms with van der Waals surface area (Å²) < 4.78 is 18.8. The summed E-state index contributed by atoms with van der Waals surface area (Å²) in [6.07, 6.45) is 2.32. The lowest BCUT2D eigenvalue weighted by molar-refractivity contribution is -0.917. The molecule has 1 aliphatic carbocycles. The molecule has 1 saturated carbocycles. The van der Waals surface area contributed by atoms with Gasteiger partial charge in [0, 0.05) is 5.92 Å². The van der Waals surface area contributed by atoms with Gasteiger partial charge in [-0.2, -0.15) is 9.78 Å². The second-order valence-electron chi connectivity index (χ2n) is 7.48. The van der Waals surface area contributed by atoms with Crippen LogP contribution in [0.1, 0.15) is 35.7 Å². The minimum atomic E-state index is -0.274. The van der Waals surface area contributed by atoms with Crippen molar-refractivity contribution in [3.05, 3.63) is 81.1 Å². The first-order valence-electron chi connectivity index (χ1n) is 9.48. The van der Waals surface area contributed by atoms with Crippen LogP contribution in [0.4, 0.5) is 4.39 Å². The molecule has 0 bridgehead atoms. The van der Waals surface area contributed by atoms with Crippen molar-refractivity contribution in [2.24, 2.45) is 0 Å². The Balaban J connectivity index is 1.56. The Labute approximate surface area is 174 Å². The number of aromatic nitrogens is 3. The molecule has 4 rings (SSSR count). The van der Waals surface area contributed by atoms with Crippen LogP contribution in [-0.2, 0) is 19.8 Å². The Kier molecular flexibility index (Phi) is 5.62. The van der Waals surface area contributed by atoms with Crippen molar-refractivity contribution in [3.8, 4) is 0 Å². The first kappa shape index (κ1) is 19.3. The third-order valence-corrected chi connectivity index (χ3v) is 5.82. The van der Waals surface area contributed by atoms with Gasteiger partial charge in [-0.3, -0.25) is 4.57 Å². The summed E-state index contributed by atoms with van der Waals surface area (Å²) in [6.45, 7) is 1.76. The minimum Gasteiger partial charge on any atom is -0.315 e. The van der Waals surface area contributed by atoms with E-state index in [-0.39, 0.29) is 5.82 Å². The maximum Gasteiger partial charge on any atom is 0.203 e. The first-order chi connectivity index (χ1) is 13.5. The monoisotopic (exact) mass is 417 g/mol.